The highest BCUT2D eigenvalue weighted by molar-refractivity contribution is 7.14. The van der Waals surface area contributed by atoms with Crippen LogP contribution < -0.4 is 5.32 Å². The van der Waals surface area contributed by atoms with Crippen LogP contribution >= 0.6 is 22.9 Å². The third kappa shape index (κ3) is 2.96. The van der Waals surface area contributed by atoms with E-state index in [1.165, 1.54) is 11.3 Å². The lowest BCUT2D eigenvalue weighted by Crippen LogP contribution is -2.10. The smallest absolute Gasteiger partial charge is 0.296 e. The van der Waals surface area contributed by atoms with Gasteiger partial charge in [-0.05, 0) is 13.0 Å². The molecule has 0 aliphatic rings. The molecule has 3 aromatic rings. The molecule has 1 amide bonds. The molecule has 21 heavy (non-hydrogen) atoms. The highest BCUT2D eigenvalue weighted by atomic mass is 35.5. The molecule has 1 aromatic carbocycles. The Labute approximate surface area is 129 Å². The average molecular weight is 320 g/mol. The maximum Gasteiger partial charge on any atom is 0.296 e. The summed E-state index contributed by atoms with van der Waals surface area (Å²) in [5, 5.41) is 9.28. The zero-order chi connectivity index (χ0) is 14.8. The number of anilines is 1. The number of hydrogen-bond acceptors (Lipinski definition) is 5. The number of halogens is 1. The van der Waals surface area contributed by atoms with Gasteiger partial charge in [-0.25, -0.2) is 4.98 Å². The van der Waals surface area contributed by atoms with Crippen molar-refractivity contribution in [1.82, 2.24) is 10.1 Å². The highest BCUT2D eigenvalue weighted by Crippen LogP contribution is 2.30. The molecule has 0 saturated heterocycles. The van der Waals surface area contributed by atoms with Gasteiger partial charge in [0.25, 0.3) is 5.91 Å². The van der Waals surface area contributed by atoms with Crippen LogP contribution in [0.25, 0.3) is 11.3 Å². The Morgan fingerprint density at radius 1 is 1.38 bits per heavy atom. The SMILES string of the molecule is Cc1cc(C(=O)Nc2nc(-c3ccccc3Cl)cs2)on1. The molecule has 0 spiro atoms. The summed E-state index contributed by atoms with van der Waals surface area (Å²) in [7, 11) is 0. The Hall–Kier alpha value is -2.18. The second-order valence-electron chi connectivity index (χ2n) is 4.30. The fourth-order valence-corrected chi connectivity index (χ4v) is 2.69. The summed E-state index contributed by atoms with van der Waals surface area (Å²) in [5.74, 6) is -0.224. The van der Waals surface area contributed by atoms with E-state index in [2.05, 4.69) is 15.5 Å². The van der Waals surface area contributed by atoms with Crippen molar-refractivity contribution < 1.29 is 9.32 Å². The monoisotopic (exact) mass is 319 g/mol. The van der Waals surface area contributed by atoms with Crippen LogP contribution in [-0.2, 0) is 0 Å². The first-order chi connectivity index (χ1) is 10.1. The molecule has 2 aromatic heterocycles. The molecule has 0 aliphatic carbocycles. The summed E-state index contributed by atoms with van der Waals surface area (Å²) >= 11 is 7.45. The van der Waals surface area contributed by atoms with Crippen LogP contribution in [0.1, 0.15) is 16.2 Å². The predicted molar refractivity (Wildman–Crippen MR) is 81.8 cm³/mol. The number of nitrogens with zero attached hydrogens (tertiary/aromatic N) is 2. The van der Waals surface area contributed by atoms with Crippen molar-refractivity contribution in [2.75, 3.05) is 5.32 Å². The van der Waals surface area contributed by atoms with Crippen LogP contribution in [0.15, 0.2) is 40.2 Å². The van der Waals surface area contributed by atoms with E-state index in [9.17, 15) is 4.79 Å². The van der Waals surface area contributed by atoms with Gasteiger partial charge < -0.3 is 4.52 Å². The third-order valence-corrected chi connectivity index (χ3v) is 3.81. The van der Waals surface area contributed by atoms with Gasteiger partial charge in [-0.3, -0.25) is 10.1 Å². The number of benzene rings is 1. The number of nitrogens with one attached hydrogen (secondary N) is 1. The number of amides is 1. The van der Waals surface area contributed by atoms with Gasteiger partial charge in [0.2, 0.25) is 5.76 Å². The second-order valence-corrected chi connectivity index (χ2v) is 5.57. The lowest BCUT2D eigenvalue weighted by molar-refractivity contribution is 0.0988. The largest absolute Gasteiger partial charge is 0.351 e. The van der Waals surface area contributed by atoms with Gasteiger partial charge in [0.05, 0.1) is 11.4 Å². The minimum Gasteiger partial charge on any atom is -0.351 e. The summed E-state index contributed by atoms with van der Waals surface area (Å²) in [6.45, 7) is 1.75. The third-order valence-electron chi connectivity index (χ3n) is 2.73. The van der Waals surface area contributed by atoms with Crippen molar-refractivity contribution in [3.8, 4) is 11.3 Å². The van der Waals surface area contributed by atoms with Crippen molar-refractivity contribution in [1.29, 1.82) is 0 Å². The number of aryl methyl sites for hydroxylation is 1. The zero-order valence-electron chi connectivity index (χ0n) is 11.0. The van der Waals surface area contributed by atoms with E-state index in [1.54, 1.807) is 19.1 Å². The molecule has 1 N–H and O–H groups in total. The molecule has 0 bridgehead atoms. The Kier molecular flexibility index (Phi) is 3.72. The van der Waals surface area contributed by atoms with Crippen molar-refractivity contribution in [3.63, 3.8) is 0 Å². The Morgan fingerprint density at radius 2 is 2.19 bits per heavy atom. The van der Waals surface area contributed by atoms with Crippen molar-refractivity contribution in [3.05, 3.63) is 52.2 Å². The minimum absolute atomic E-state index is 0.155. The van der Waals surface area contributed by atoms with E-state index in [1.807, 2.05) is 23.6 Å². The molecule has 106 valence electrons. The van der Waals surface area contributed by atoms with Crippen LogP contribution in [0.4, 0.5) is 5.13 Å². The zero-order valence-corrected chi connectivity index (χ0v) is 12.5. The number of thiazole rings is 1. The molecule has 0 unspecified atom stereocenters. The number of carbonyl (C=O) groups is 1. The maximum absolute atomic E-state index is 11.9. The average Bonchev–Trinajstić information content (AvgIpc) is 3.08. The van der Waals surface area contributed by atoms with E-state index in [0.29, 0.717) is 15.8 Å². The van der Waals surface area contributed by atoms with E-state index < -0.39 is 0 Å². The summed E-state index contributed by atoms with van der Waals surface area (Å²) in [6.07, 6.45) is 0. The molecule has 0 atom stereocenters. The topological polar surface area (TPSA) is 68.0 Å². The molecule has 0 aliphatic heterocycles. The Bertz CT molecular complexity index is 797. The molecule has 3 rings (SSSR count). The second kappa shape index (κ2) is 5.67. The molecule has 0 fully saturated rings. The van der Waals surface area contributed by atoms with E-state index in [4.69, 9.17) is 16.1 Å². The maximum atomic E-state index is 11.9. The standard InChI is InChI=1S/C14H10ClN3O2S/c1-8-6-12(20-18-8)13(19)17-14-16-11(7-21-14)9-4-2-3-5-10(9)15/h2-7H,1H3,(H,16,17,19). The summed E-state index contributed by atoms with van der Waals surface area (Å²) in [6, 6.07) is 8.98. The van der Waals surface area contributed by atoms with Gasteiger partial charge in [-0.15, -0.1) is 11.3 Å². The van der Waals surface area contributed by atoms with Gasteiger partial charge in [0.15, 0.2) is 5.13 Å². The number of rotatable bonds is 3. The first kappa shape index (κ1) is 13.8. The molecular weight excluding hydrogens is 310 g/mol. The van der Waals surface area contributed by atoms with Gasteiger partial charge in [-0.2, -0.15) is 0 Å². The molecular formula is C14H10ClN3O2S. The van der Waals surface area contributed by atoms with Crippen LogP contribution in [0.2, 0.25) is 5.02 Å². The van der Waals surface area contributed by atoms with Crippen LogP contribution in [0.5, 0.6) is 0 Å². The highest BCUT2D eigenvalue weighted by Gasteiger charge is 2.14. The van der Waals surface area contributed by atoms with E-state index in [-0.39, 0.29) is 11.7 Å². The van der Waals surface area contributed by atoms with Crippen LogP contribution in [0, 0.1) is 6.92 Å². The van der Waals surface area contributed by atoms with E-state index >= 15 is 0 Å². The summed E-state index contributed by atoms with van der Waals surface area (Å²) in [4.78, 5) is 16.3. The normalized spacial score (nSPS) is 10.6. The van der Waals surface area contributed by atoms with E-state index in [0.717, 1.165) is 11.3 Å². The Morgan fingerprint density at radius 3 is 2.90 bits per heavy atom. The minimum atomic E-state index is -0.379. The fourth-order valence-electron chi connectivity index (χ4n) is 1.75. The lowest BCUT2D eigenvalue weighted by atomic mass is 10.2. The van der Waals surface area contributed by atoms with Gasteiger partial charge in [0, 0.05) is 22.0 Å². The molecule has 0 radical (unpaired) electrons. The predicted octanol–water partition coefficient (Wildman–Crippen LogP) is 4.01. The van der Waals surface area contributed by atoms with Crippen LogP contribution in [0.3, 0.4) is 0 Å². The lowest BCUT2D eigenvalue weighted by Gasteiger charge is -1.99. The van der Waals surface area contributed by atoms with Gasteiger partial charge in [-0.1, -0.05) is 35.0 Å². The fraction of sp³-hybridized carbons (Fsp3) is 0.0714. The van der Waals surface area contributed by atoms with Crippen molar-refractivity contribution in [2.24, 2.45) is 0 Å². The summed E-state index contributed by atoms with van der Waals surface area (Å²) in [5.41, 5.74) is 2.19. The van der Waals surface area contributed by atoms with Crippen LogP contribution in [-0.4, -0.2) is 16.0 Å². The van der Waals surface area contributed by atoms with Crippen molar-refractivity contribution >= 4 is 34.0 Å². The number of carbonyl (C=O) groups excluding carboxylic acids is 1. The first-order valence-electron chi connectivity index (χ1n) is 6.08. The molecule has 2 heterocycles. The first-order valence-corrected chi connectivity index (χ1v) is 7.34. The Balaban J connectivity index is 1.80. The number of hydrogen-bond donors (Lipinski definition) is 1. The number of aromatic nitrogens is 2. The molecule has 7 heteroatoms. The quantitative estimate of drug-likeness (QED) is 0.792. The molecule has 5 nitrogen and oxygen atoms in total. The summed E-state index contributed by atoms with van der Waals surface area (Å²) < 4.78 is 4.90. The van der Waals surface area contributed by atoms with Gasteiger partial charge in [0.1, 0.15) is 0 Å². The van der Waals surface area contributed by atoms with Crippen molar-refractivity contribution in [2.45, 2.75) is 6.92 Å². The molecule has 0 saturated carbocycles. The van der Waals surface area contributed by atoms with Gasteiger partial charge >= 0.3 is 0 Å².